The molecule has 0 unspecified atom stereocenters. The number of anilines is 1. The van der Waals surface area contributed by atoms with Gasteiger partial charge >= 0.3 is 5.97 Å². The molecule has 0 aliphatic carbocycles. The average molecular weight is 254 g/mol. The van der Waals surface area contributed by atoms with Crippen molar-refractivity contribution in [1.29, 1.82) is 0 Å². The van der Waals surface area contributed by atoms with Crippen LogP contribution in [0.1, 0.15) is 16.9 Å². The molecule has 0 aliphatic heterocycles. The lowest BCUT2D eigenvalue weighted by atomic mass is 10.3. The Bertz CT molecular complexity index is 371. The van der Waals surface area contributed by atoms with Crippen molar-refractivity contribution in [2.24, 2.45) is 0 Å². The third-order valence-electron chi connectivity index (χ3n) is 2.17. The van der Waals surface area contributed by atoms with E-state index < -0.39 is 5.97 Å². The molecule has 1 heterocycles. The van der Waals surface area contributed by atoms with Gasteiger partial charge in [0.1, 0.15) is 5.82 Å². The highest BCUT2D eigenvalue weighted by atomic mass is 16.5. The fraction of sp³-hybridized carbons (Fsp3) is 0.500. The van der Waals surface area contributed by atoms with Crippen molar-refractivity contribution < 1.29 is 19.4 Å². The summed E-state index contributed by atoms with van der Waals surface area (Å²) in [4.78, 5) is 14.7. The molecule has 0 aromatic carbocycles. The van der Waals surface area contributed by atoms with Gasteiger partial charge in [0.25, 0.3) is 0 Å². The molecule has 0 radical (unpaired) electrons. The zero-order valence-electron chi connectivity index (χ0n) is 10.4. The monoisotopic (exact) mass is 254 g/mol. The zero-order valence-corrected chi connectivity index (χ0v) is 10.4. The van der Waals surface area contributed by atoms with E-state index in [1.165, 1.54) is 6.07 Å². The Morgan fingerprint density at radius 2 is 2.22 bits per heavy atom. The fourth-order valence-electron chi connectivity index (χ4n) is 1.29. The standard InChI is InChI=1S/C12H18N2O4/c1-17-8-9-18-7-3-6-13-11-5-2-4-10(14-11)12(15)16/h2,4-5H,3,6-9H2,1H3,(H,13,14)(H,15,16). The van der Waals surface area contributed by atoms with E-state index in [2.05, 4.69) is 10.3 Å². The smallest absolute Gasteiger partial charge is 0.354 e. The van der Waals surface area contributed by atoms with E-state index in [-0.39, 0.29) is 5.69 Å². The second-order valence-corrected chi connectivity index (χ2v) is 3.60. The minimum absolute atomic E-state index is 0.0383. The number of methoxy groups -OCH3 is 1. The third kappa shape index (κ3) is 5.60. The Morgan fingerprint density at radius 3 is 2.94 bits per heavy atom. The van der Waals surface area contributed by atoms with Gasteiger partial charge in [-0.05, 0) is 18.6 Å². The highest BCUT2D eigenvalue weighted by molar-refractivity contribution is 5.85. The number of hydrogen-bond acceptors (Lipinski definition) is 5. The summed E-state index contributed by atoms with van der Waals surface area (Å²) in [6, 6.07) is 4.85. The van der Waals surface area contributed by atoms with Crippen molar-refractivity contribution in [3.63, 3.8) is 0 Å². The van der Waals surface area contributed by atoms with Gasteiger partial charge in [-0.15, -0.1) is 0 Å². The molecular weight excluding hydrogens is 236 g/mol. The predicted octanol–water partition coefficient (Wildman–Crippen LogP) is 1.24. The van der Waals surface area contributed by atoms with Crippen LogP contribution in [0, 0.1) is 0 Å². The number of aromatic nitrogens is 1. The summed E-state index contributed by atoms with van der Waals surface area (Å²) in [6.45, 7) is 2.50. The molecule has 2 N–H and O–H groups in total. The first kappa shape index (κ1) is 14.4. The van der Waals surface area contributed by atoms with Crippen LogP contribution in [0.3, 0.4) is 0 Å². The predicted molar refractivity (Wildman–Crippen MR) is 67.0 cm³/mol. The van der Waals surface area contributed by atoms with Crippen LogP contribution in [0.15, 0.2) is 18.2 Å². The van der Waals surface area contributed by atoms with E-state index in [9.17, 15) is 4.79 Å². The van der Waals surface area contributed by atoms with Gasteiger partial charge in [0.05, 0.1) is 13.2 Å². The molecule has 0 amide bonds. The van der Waals surface area contributed by atoms with Gasteiger partial charge in [0.15, 0.2) is 5.69 Å². The van der Waals surface area contributed by atoms with Crippen molar-refractivity contribution in [3.05, 3.63) is 23.9 Å². The summed E-state index contributed by atoms with van der Waals surface area (Å²) in [7, 11) is 1.63. The largest absolute Gasteiger partial charge is 0.477 e. The Kier molecular flexibility index (Phi) is 6.75. The van der Waals surface area contributed by atoms with Crippen LogP contribution in [0.4, 0.5) is 5.82 Å². The summed E-state index contributed by atoms with van der Waals surface area (Å²) in [5.74, 6) is -0.464. The Hall–Kier alpha value is -1.66. The van der Waals surface area contributed by atoms with Gasteiger partial charge in [-0.3, -0.25) is 0 Å². The van der Waals surface area contributed by atoms with Crippen LogP contribution in [-0.2, 0) is 9.47 Å². The van der Waals surface area contributed by atoms with Crippen LogP contribution in [0.5, 0.6) is 0 Å². The molecule has 0 bridgehead atoms. The number of nitrogens with one attached hydrogen (secondary N) is 1. The molecule has 0 fully saturated rings. The molecule has 100 valence electrons. The second-order valence-electron chi connectivity index (χ2n) is 3.60. The highest BCUT2D eigenvalue weighted by Crippen LogP contribution is 2.04. The maximum atomic E-state index is 10.7. The number of pyridine rings is 1. The van der Waals surface area contributed by atoms with Crippen LogP contribution in [0.2, 0.25) is 0 Å². The maximum absolute atomic E-state index is 10.7. The Balaban J connectivity index is 2.19. The van der Waals surface area contributed by atoms with Crippen molar-refractivity contribution >= 4 is 11.8 Å². The van der Waals surface area contributed by atoms with Gasteiger partial charge in [0, 0.05) is 20.3 Å². The molecule has 1 aromatic rings. The number of carboxylic acids is 1. The van der Waals surface area contributed by atoms with Crippen LogP contribution >= 0.6 is 0 Å². The molecule has 0 spiro atoms. The van der Waals surface area contributed by atoms with Crippen molar-refractivity contribution in [3.8, 4) is 0 Å². The molecule has 0 atom stereocenters. The average Bonchev–Trinajstić information content (AvgIpc) is 2.38. The van der Waals surface area contributed by atoms with Gasteiger partial charge in [-0.1, -0.05) is 6.07 Å². The first-order valence-electron chi connectivity index (χ1n) is 5.75. The van der Waals surface area contributed by atoms with Crippen LogP contribution in [0.25, 0.3) is 0 Å². The number of rotatable bonds is 9. The molecule has 0 aliphatic rings. The molecule has 0 saturated heterocycles. The number of hydrogen-bond donors (Lipinski definition) is 2. The molecule has 6 heteroatoms. The SMILES string of the molecule is COCCOCCCNc1cccc(C(=O)O)n1. The topological polar surface area (TPSA) is 80.7 Å². The van der Waals surface area contributed by atoms with Gasteiger partial charge in [0.2, 0.25) is 0 Å². The lowest BCUT2D eigenvalue weighted by Gasteiger charge is -2.06. The van der Waals surface area contributed by atoms with E-state index in [0.29, 0.717) is 32.2 Å². The zero-order chi connectivity index (χ0) is 13.2. The lowest BCUT2D eigenvalue weighted by molar-refractivity contribution is 0.0690. The van der Waals surface area contributed by atoms with E-state index >= 15 is 0 Å². The lowest BCUT2D eigenvalue weighted by Crippen LogP contribution is -2.10. The number of aromatic carboxylic acids is 1. The molecule has 1 rings (SSSR count). The van der Waals surface area contributed by atoms with E-state index in [1.807, 2.05) is 0 Å². The second kappa shape index (κ2) is 8.43. The number of carbonyl (C=O) groups is 1. The van der Waals surface area contributed by atoms with Crippen molar-refractivity contribution in [1.82, 2.24) is 4.98 Å². The summed E-state index contributed by atoms with van der Waals surface area (Å²) in [5.41, 5.74) is 0.0383. The van der Waals surface area contributed by atoms with Crippen molar-refractivity contribution in [2.75, 3.05) is 38.8 Å². The molecule has 18 heavy (non-hydrogen) atoms. The molecule has 6 nitrogen and oxygen atoms in total. The Morgan fingerprint density at radius 1 is 1.39 bits per heavy atom. The minimum Gasteiger partial charge on any atom is -0.477 e. The molecular formula is C12H18N2O4. The van der Waals surface area contributed by atoms with Gasteiger partial charge in [-0.2, -0.15) is 0 Å². The van der Waals surface area contributed by atoms with E-state index in [4.69, 9.17) is 14.6 Å². The quantitative estimate of drug-likeness (QED) is 0.645. The summed E-state index contributed by atoms with van der Waals surface area (Å²) >= 11 is 0. The van der Waals surface area contributed by atoms with E-state index in [1.54, 1.807) is 19.2 Å². The number of nitrogens with zero attached hydrogens (tertiary/aromatic N) is 1. The summed E-state index contributed by atoms with van der Waals surface area (Å²) in [6.07, 6.45) is 0.822. The normalized spacial score (nSPS) is 10.3. The van der Waals surface area contributed by atoms with Crippen LogP contribution in [-0.4, -0.2) is 49.5 Å². The van der Waals surface area contributed by atoms with Gasteiger partial charge in [-0.25, -0.2) is 9.78 Å². The first-order chi connectivity index (χ1) is 8.74. The highest BCUT2D eigenvalue weighted by Gasteiger charge is 2.04. The number of ether oxygens (including phenoxy) is 2. The summed E-state index contributed by atoms with van der Waals surface area (Å²) < 4.78 is 10.1. The molecule has 1 aromatic heterocycles. The number of carboxylic acid groups (broad SMARTS) is 1. The first-order valence-corrected chi connectivity index (χ1v) is 5.75. The van der Waals surface area contributed by atoms with Crippen molar-refractivity contribution in [2.45, 2.75) is 6.42 Å². The van der Waals surface area contributed by atoms with Crippen LogP contribution < -0.4 is 5.32 Å². The minimum atomic E-state index is -1.03. The fourth-order valence-corrected chi connectivity index (χ4v) is 1.29. The molecule has 0 saturated carbocycles. The Labute approximate surface area is 106 Å². The van der Waals surface area contributed by atoms with Gasteiger partial charge < -0.3 is 19.9 Å². The maximum Gasteiger partial charge on any atom is 0.354 e. The summed E-state index contributed by atoms with van der Waals surface area (Å²) in [5, 5.41) is 11.8. The van der Waals surface area contributed by atoms with E-state index in [0.717, 1.165) is 6.42 Å². The third-order valence-corrected chi connectivity index (χ3v) is 2.17.